The molecule has 0 saturated heterocycles. The van der Waals surface area contributed by atoms with Crippen LogP contribution in [0.1, 0.15) is 40.5 Å². The third-order valence-electron chi connectivity index (χ3n) is 3.67. The van der Waals surface area contributed by atoms with Gasteiger partial charge in [0.25, 0.3) is 0 Å². The standard InChI is InChI=1S/C17H29N3O2S.HI/c1-5-14(4)19-17(18-7-3)20-15(6-2)13-23(21,22)16-11-9-8-10-12-16;/h8-12,14-15H,5-7,13H2,1-4H3,(H2,18,19,20);1H. The largest absolute Gasteiger partial charge is 0.354 e. The maximum absolute atomic E-state index is 12.5. The Kier molecular flexibility index (Phi) is 11.3. The molecule has 0 bridgehead atoms. The van der Waals surface area contributed by atoms with Gasteiger partial charge >= 0.3 is 0 Å². The number of nitrogens with zero attached hydrogens (tertiary/aromatic N) is 1. The SMILES string of the molecule is CCN=C(NC(C)CC)NC(CC)CS(=O)(=O)c1ccccc1.I. The molecule has 1 rings (SSSR count). The first-order valence-electron chi connectivity index (χ1n) is 8.28. The van der Waals surface area contributed by atoms with Crippen LogP contribution in [-0.2, 0) is 9.84 Å². The smallest absolute Gasteiger partial charge is 0.191 e. The molecule has 2 N–H and O–H groups in total. The van der Waals surface area contributed by atoms with E-state index in [2.05, 4.69) is 29.5 Å². The quantitative estimate of drug-likeness (QED) is 0.350. The fourth-order valence-corrected chi connectivity index (χ4v) is 3.68. The van der Waals surface area contributed by atoms with Gasteiger partial charge in [0.2, 0.25) is 0 Å². The highest BCUT2D eigenvalue weighted by atomic mass is 127. The molecule has 138 valence electrons. The third-order valence-corrected chi connectivity index (χ3v) is 5.50. The van der Waals surface area contributed by atoms with Crippen molar-refractivity contribution in [3.8, 4) is 0 Å². The normalized spacial score (nSPS) is 14.4. The number of hydrogen-bond donors (Lipinski definition) is 2. The monoisotopic (exact) mass is 467 g/mol. The Morgan fingerprint density at radius 1 is 1.08 bits per heavy atom. The number of sulfone groups is 1. The second-order valence-corrected chi connectivity index (χ2v) is 7.65. The van der Waals surface area contributed by atoms with Gasteiger partial charge in [0.15, 0.2) is 15.8 Å². The van der Waals surface area contributed by atoms with Crippen LogP contribution in [0.5, 0.6) is 0 Å². The van der Waals surface area contributed by atoms with Crippen LogP contribution in [-0.4, -0.2) is 38.8 Å². The fourth-order valence-electron chi connectivity index (χ4n) is 2.07. The van der Waals surface area contributed by atoms with E-state index in [9.17, 15) is 8.42 Å². The van der Waals surface area contributed by atoms with Crippen molar-refractivity contribution in [1.82, 2.24) is 10.6 Å². The highest BCUT2D eigenvalue weighted by Gasteiger charge is 2.21. The van der Waals surface area contributed by atoms with E-state index >= 15 is 0 Å². The molecule has 0 saturated carbocycles. The van der Waals surface area contributed by atoms with Gasteiger partial charge in [0.05, 0.1) is 10.6 Å². The van der Waals surface area contributed by atoms with Crippen molar-refractivity contribution in [2.24, 2.45) is 4.99 Å². The first-order valence-corrected chi connectivity index (χ1v) is 9.93. The predicted octanol–water partition coefficient (Wildman–Crippen LogP) is 3.21. The second-order valence-electron chi connectivity index (χ2n) is 5.62. The Balaban J connectivity index is 0.00000529. The Morgan fingerprint density at radius 3 is 2.21 bits per heavy atom. The molecule has 1 aromatic rings. The van der Waals surface area contributed by atoms with Crippen LogP contribution >= 0.6 is 24.0 Å². The fraction of sp³-hybridized carbons (Fsp3) is 0.588. The van der Waals surface area contributed by atoms with Gasteiger partial charge in [0, 0.05) is 18.6 Å². The van der Waals surface area contributed by atoms with Crippen molar-refractivity contribution < 1.29 is 8.42 Å². The van der Waals surface area contributed by atoms with E-state index in [1.54, 1.807) is 24.3 Å². The van der Waals surface area contributed by atoms with Crippen LogP contribution in [0.25, 0.3) is 0 Å². The summed E-state index contributed by atoms with van der Waals surface area (Å²) in [5.41, 5.74) is 0. The van der Waals surface area contributed by atoms with Crippen molar-refractivity contribution in [2.45, 2.75) is 57.5 Å². The minimum atomic E-state index is -3.31. The molecule has 5 nitrogen and oxygen atoms in total. The Hall–Kier alpha value is -0.830. The summed E-state index contributed by atoms with van der Waals surface area (Å²) in [4.78, 5) is 4.77. The average molecular weight is 467 g/mol. The highest BCUT2D eigenvalue weighted by Crippen LogP contribution is 2.12. The average Bonchev–Trinajstić information content (AvgIpc) is 2.54. The lowest BCUT2D eigenvalue weighted by Crippen LogP contribution is -2.48. The summed E-state index contributed by atoms with van der Waals surface area (Å²) >= 11 is 0. The van der Waals surface area contributed by atoms with Gasteiger partial charge < -0.3 is 10.6 Å². The van der Waals surface area contributed by atoms with Crippen molar-refractivity contribution >= 4 is 39.8 Å². The Labute approximate surface area is 163 Å². The lowest BCUT2D eigenvalue weighted by Gasteiger charge is -2.22. The topological polar surface area (TPSA) is 70.6 Å². The first kappa shape index (κ1) is 23.2. The Bertz CT molecular complexity index is 591. The van der Waals surface area contributed by atoms with Crippen molar-refractivity contribution in [3.05, 3.63) is 30.3 Å². The molecule has 7 heteroatoms. The van der Waals surface area contributed by atoms with Gasteiger partial charge in [-0.1, -0.05) is 32.0 Å². The summed E-state index contributed by atoms with van der Waals surface area (Å²) in [7, 11) is -3.31. The lowest BCUT2D eigenvalue weighted by atomic mass is 10.2. The molecule has 0 aromatic heterocycles. The van der Waals surface area contributed by atoms with Gasteiger partial charge in [-0.25, -0.2) is 8.42 Å². The number of benzene rings is 1. The van der Waals surface area contributed by atoms with Crippen molar-refractivity contribution in [1.29, 1.82) is 0 Å². The molecule has 0 heterocycles. The maximum Gasteiger partial charge on any atom is 0.191 e. The van der Waals surface area contributed by atoms with E-state index in [0.29, 0.717) is 23.8 Å². The zero-order valence-electron chi connectivity index (χ0n) is 15.0. The molecule has 0 amide bonds. The molecule has 1 aromatic carbocycles. The second kappa shape index (κ2) is 11.7. The summed E-state index contributed by atoms with van der Waals surface area (Å²) in [6.07, 6.45) is 1.68. The summed E-state index contributed by atoms with van der Waals surface area (Å²) in [6, 6.07) is 8.70. The van der Waals surface area contributed by atoms with Crippen molar-refractivity contribution in [2.75, 3.05) is 12.3 Å². The van der Waals surface area contributed by atoms with Crippen LogP contribution < -0.4 is 10.6 Å². The lowest BCUT2D eigenvalue weighted by molar-refractivity contribution is 0.559. The number of aliphatic imine (C=N–C) groups is 1. The zero-order chi connectivity index (χ0) is 17.3. The van der Waals surface area contributed by atoms with Gasteiger partial charge in [-0.3, -0.25) is 4.99 Å². The number of hydrogen-bond acceptors (Lipinski definition) is 3. The summed E-state index contributed by atoms with van der Waals surface area (Å²) in [5, 5.41) is 6.56. The van der Waals surface area contributed by atoms with Crippen molar-refractivity contribution in [3.63, 3.8) is 0 Å². The third kappa shape index (κ3) is 7.83. The number of halogens is 1. The molecule has 0 fully saturated rings. The molecule has 0 aliphatic carbocycles. The van der Waals surface area contributed by atoms with E-state index in [0.717, 1.165) is 6.42 Å². The molecule has 2 atom stereocenters. The van der Waals surface area contributed by atoms with E-state index in [-0.39, 0.29) is 41.8 Å². The number of guanidine groups is 1. The van der Waals surface area contributed by atoms with Crippen LogP contribution in [0.15, 0.2) is 40.2 Å². The molecule has 0 aliphatic heterocycles. The van der Waals surface area contributed by atoms with Crippen LogP contribution in [0.3, 0.4) is 0 Å². The number of rotatable bonds is 8. The summed E-state index contributed by atoms with van der Waals surface area (Å²) < 4.78 is 25.0. The summed E-state index contributed by atoms with van der Waals surface area (Å²) in [5.74, 6) is 0.732. The Morgan fingerprint density at radius 2 is 1.71 bits per heavy atom. The maximum atomic E-state index is 12.5. The van der Waals surface area contributed by atoms with Gasteiger partial charge in [-0.05, 0) is 38.8 Å². The van der Waals surface area contributed by atoms with E-state index in [1.807, 2.05) is 19.9 Å². The minimum Gasteiger partial charge on any atom is -0.354 e. The van der Waals surface area contributed by atoms with Crippen LogP contribution in [0, 0.1) is 0 Å². The zero-order valence-corrected chi connectivity index (χ0v) is 18.1. The number of nitrogens with one attached hydrogen (secondary N) is 2. The highest BCUT2D eigenvalue weighted by molar-refractivity contribution is 14.0. The van der Waals surface area contributed by atoms with Gasteiger partial charge in [-0.2, -0.15) is 0 Å². The predicted molar refractivity (Wildman–Crippen MR) is 112 cm³/mol. The van der Waals surface area contributed by atoms with Gasteiger partial charge in [0.1, 0.15) is 0 Å². The molecule has 0 spiro atoms. The first-order chi connectivity index (χ1) is 10.9. The molecular weight excluding hydrogens is 437 g/mol. The van der Waals surface area contributed by atoms with E-state index < -0.39 is 9.84 Å². The van der Waals surface area contributed by atoms with Gasteiger partial charge in [-0.15, -0.1) is 24.0 Å². The van der Waals surface area contributed by atoms with Crippen LogP contribution in [0.4, 0.5) is 0 Å². The molecule has 0 aliphatic rings. The van der Waals surface area contributed by atoms with E-state index in [1.165, 1.54) is 0 Å². The molecule has 2 unspecified atom stereocenters. The van der Waals surface area contributed by atoms with E-state index in [4.69, 9.17) is 0 Å². The molecule has 0 radical (unpaired) electrons. The molecule has 24 heavy (non-hydrogen) atoms. The summed E-state index contributed by atoms with van der Waals surface area (Å²) in [6.45, 7) is 8.76. The van der Waals surface area contributed by atoms with Crippen LogP contribution in [0.2, 0.25) is 0 Å². The molecular formula is C17H30IN3O2S. The minimum absolute atomic E-state index is 0.